The van der Waals surface area contributed by atoms with Crippen molar-refractivity contribution in [2.45, 2.75) is 6.42 Å². The standard InChI is InChI=1S/C12H13NO8/c1-20-9-4-6(3-7(11(14)15)12(16)17)8(13(18)19)5-10(9)21-2/h4-5,7H,3H2,1-2H3,(H,14,15)(H,16,17). The molecule has 0 aliphatic heterocycles. The zero-order valence-electron chi connectivity index (χ0n) is 11.2. The van der Waals surface area contributed by atoms with Gasteiger partial charge in [-0.3, -0.25) is 19.7 Å². The van der Waals surface area contributed by atoms with Crippen molar-refractivity contribution in [2.75, 3.05) is 14.2 Å². The molecule has 1 aromatic rings. The van der Waals surface area contributed by atoms with Crippen molar-refractivity contribution in [2.24, 2.45) is 5.92 Å². The Bertz CT molecular complexity index is 569. The molecule has 21 heavy (non-hydrogen) atoms. The molecule has 1 aromatic carbocycles. The quantitative estimate of drug-likeness (QED) is 0.431. The summed E-state index contributed by atoms with van der Waals surface area (Å²) >= 11 is 0. The lowest BCUT2D eigenvalue weighted by atomic mass is 9.97. The zero-order valence-corrected chi connectivity index (χ0v) is 11.2. The van der Waals surface area contributed by atoms with Crippen molar-refractivity contribution in [3.05, 3.63) is 27.8 Å². The van der Waals surface area contributed by atoms with E-state index in [2.05, 4.69) is 0 Å². The van der Waals surface area contributed by atoms with E-state index < -0.39 is 34.9 Å². The van der Waals surface area contributed by atoms with E-state index in [0.717, 1.165) is 6.07 Å². The fourth-order valence-electron chi connectivity index (χ4n) is 1.74. The van der Waals surface area contributed by atoms with E-state index >= 15 is 0 Å². The number of carbonyl (C=O) groups is 2. The third kappa shape index (κ3) is 3.59. The molecule has 0 radical (unpaired) electrons. The van der Waals surface area contributed by atoms with Crippen LogP contribution >= 0.6 is 0 Å². The minimum Gasteiger partial charge on any atom is -0.493 e. The smallest absolute Gasteiger partial charge is 0.318 e. The first-order valence-electron chi connectivity index (χ1n) is 5.66. The van der Waals surface area contributed by atoms with Crippen molar-refractivity contribution in [3.63, 3.8) is 0 Å². The molecule has 0 saturated heterocycles. The fourth-order valence-corrected chi connectivity index (χ4v) is 1.74. The molecule has 0 aromatic heterocycles. The molecule has 0 spiro atoms. The Morgan fingerprint density at radius 3 is 2.05 bits per heavy atom. The molecular weight excluding hydrogens is 286 g/mol. The highest BCUT2D eigenvalue weighted by molar-refractivity contribution is 5.93. The normalized spacial score (nSPS) is 10.2. The van der Waals surface area contributed by atoms with E-state index in [9.17, 15) is 19.7 Å². The first kappa shape index (κ1) is 16.2. The summed E-state index contributed by atoms with van der Waals surface area (Å²) in [4.78, 5) is 32.1. The van der Waals surface area contributed by atoms with Gasteiger partial charge in [-0.25, -0.2) is 0 Å². The van der Waals surface area contributed by atoms with Crippen LogP contribution in [0.5, 0.6) is 11.5 Å². The average molecular weight is 299 g/mol. The number of carboxylic acids is 2. The molecule has 0 bridgehead atoms. The van der Waals surface area contributed by atoms with Gasteiger partial charge >= 0.3 is 11.9 Å². The highest BCUT2D eigenvalue weighted by atomic mass is 16.6. The molecule has 9 nitrogen and oxygen atoms in total. The van der Waals surface area contributed by atoms with Gasteiger partial charge in [0.15, 0.2) is 17.4 Å². The van der Waals surface area contributed by atoms with Gasteiger partial charge in [0.1, 0.15) is 0 Å². The van der Waals surface area contributed by atoms with E-state index in [0.29, 0.717) is 0 Å². The number of methoxy groups -OCH3 is 2. The van der Waals surface area contributed by atoms with Gasteiger partial charge in [-0.15, -0.1) is 0 Å². The molecule has 0 saturated carbocycles. The molecule has 0 fully saturated rings. The maximum Gasteiger partial charge on any atom is 0.318 e. The van der Waals surface area contributed by atoms with Crippen LogP contribution in [-0.2, 0) is 16.0 Å². The van der Waals surface area contributed by atoms with Gasteiger partial charge < -0.3 is 19.7 Å². The monoisotopic (exact) mass is 299 g/mol. The van der Waals surface area contributed by atoms with Crippen LogP contribution in [0.3, 0.4) is 0 Å². The van der Waals surface area contributed by atoms with Crippen LogP contribution in [0, 0.1) is 16.0 Å². The van der Waals surface area contributed by atoms with E-state index in [4.69, 9.17) is 19.7 Å². The molecule has 0 aliphatic carbocycles. The second kappa shape index (κ2) is 6.55. The summed E-state index contributed by atoms with van der Waals surface area (Å²) in [6, 6.07) is 2.27. The zero-order chi connectivity index (χ0) is 16.2. The number of nitro groups is 1. The van der Waals surface area contributed by atoms with Crippen molar-refractivity contribution in [1.82, 2.24) is 0 Å². The van der Waals surface area contributed by atoms with Crippen molar-refractivity contribution in [3.8, 4) is 11.5 Å². The number of rotatable bonds is 7. The third-order valence-electron chi connectivity index (χ3n) is 2.80. The van der Waals surface area contributed by atoms with E-state index in [1.54, 1.807) is 0 Å². The Hall–Kier alpha value is -2.84. The Morgan fingerprint density at radius 1 is 1.19 bits per heavy atom. The largest absolute Gasteiger partial charge is 0.493 e. The Morgan fingerprint density at radius 2 is 1.67 bits per heavy atom. The topological polar surface area (TPSA) is 136 Å². The number of hydrogen-bond acceptors (Lipinski definition) is 6. The molecule has 2 N–H and O–H groups in total. The van der Waals surface area contributed by atoms with Crippen LogP contribution in [0.25, 0.3) is 0 Å². The maximum atomic E-state index is 11.0. The number of aliphatic carboxylic acids is 2. The van der Waals surface area contributed by atoms with Crippen molar-refractivity contribution in [1.29, 1.82) is 0 Å². The van der Waals surface area contributed by atoms with Gasteiger partial charge in [0.25, 0.3) is 5.69 Å². The van der Waals surface area contributed by atoms with Crippen LogP contribution in [-0.4, -0.2) is 41.3 Å². The number of hydrogen-bond donors (Lipinski definition) is 2. The third-order valence-corrected chi connectivity index (χ3v) is 2.80. The van der Waals surface area contributed by atoms with E-state index in [1.807, 2.05) is 0 Å². The van der Waals surface area contributed by atoms with Crippen LogP contribution in [0.4, 0.5) is 5.69 Å². The minimum atomic E-state index is -1.79. The lowest BCUT2D eigenvalue weighted by Gasteiger charge is -2.12. The SMILES string of the molecule is COc1cc(CC(C(=O)O)C(=O)O)c([N+](=O)[O-])cc1OC. The summed E-state index contributed by atoms with van der Waals surface area (Å²) in [5.74, 6) is -4.71. The molecule has 0 unspecified atom stereocenters. The summed E-state index contributed by atoms with van der Waals surface area (Å²) < 4.78 is 9.89. The molecule has 0 amide bonds. The second-order valence-electron chi connectivity index (χ2n) is 4.03. The van der Waals surface area contributed by atoms with Crippen LogP contribution < -0.4 is 9.47 Å². The predicted molar refractivity (Wildman–Crippen MR) is 68.7 cm³/mol. The van der Waals surface area contributed by atoms with Crippen molar-refractivity contribution < 1.29 is 34.2 Å². The highest BCUT2D eigenvalue weighted by Gasteiger charge is 2.30. The molecule has 0 aliphatic rings. The number of ether oxygens (including phenoxy) is 2. The summed E-state index contributed by atoms with van der Waals surface area (Å²) in [5.41, 5.74) is -0.493. The first-order chi connectivity index (χ1) is 9.81. The fraction of sp³-hybridized carbons (Fsp3) is 0.333. The van der Waals surface area contributed by atoms with Gasteiger partial charge in [-0.05, 0) is 6.07 Å². The van der Waals surface area contributed by atoms with Crippen molar-refractivity contribution >= 4 is 17.6 Å². The van der Waals surface area contributed by atoms with Crippen LogP contribution in [0.15, 0.2) is 12.1 Å². The summed E-state index contributed by atoms with van der Waals surface area (Å²) in [7, 11) is 2.60. The highest BCUT2D eigenvalue weighted by Crippen LogP contribution is 2.35. The lowest BCUT2D eigenvalue weighted by Crippen LogP contribution is -2.25. The average Bonchev–Trinajstić information content (AvgIpc) is 2.42. The summed E-state index contributed by atoms with van der Waals surface area (Å²) in [6.45, 7) is 0. The molecular formula is C12H13NO8. The summed E-state index contributed by atoms with van der Waals surface area (Å²) in [6.07, 6.45) is -0.540. The molecule has 9 heteroatoms. The van der Waals surface area contributed by atoms with Crippen LogP contribution in [0.1, 0.15) is 5.56 Å². The number of benzene rings is 1. The predicted octanol–water partition coefficient (Wildman–Crippen LogP) is 0.940. The maximum absolute atomic E-state index is 11.0. The molecule has 114 valence electrons. The van der Waals surface area contributed by atoms with Gasteiger partial charge in [-0.2, -0.15) is 0 Å². The number of nitrogens with zero attached hydrogens (tertiary/aromatic N) is 1. The van der Waals surface area contributed by atoms with Gasteiger partial charge in [-0.1, -0.05) is 0 Å². The van der Waals surface area contributed by atoms with Gasteiger partial charge in [0.2, 0.25) is 0 Å². The molecule has 1 rings (SSSR count). The number of carboxylic acid groups (broad SMARTS) is 2. The second-order valence-corrected chi connectivity index (χ2v) is 4.03. The van der Waals surface area contributed by atoms with E-state index in [-0.39, 0.29) is 17.1 Å². The van der Waals surface area contributed by atoms with Crippen LogP contribution in [0.2, 0.25) is 0 Å². The Kier molecular flexibility index (Phi) is 5.06. The van der Waals surface area contributed by atoms with Gasteiger partial charge in [0, 0.05) is 12.0 Å². The Labute approximate surface area is 118 Å². The lowest BCUT2D eigenvalue weighted by molar-refractivity contribution is -0.385. The molecule has 0 heterocycles. The first-order valence-corrected chi connectivity index (χ1v) is 5.66. The minimum absolute atomic E-state index is 0.0625. The number of nitro benzene ring substituents is 1. The van der Waals surface area contributed by atoms with E-state index in [1.165, 1.54) is 20.3 Å². The molecule has 0 atom stereocenters. The summed E-state index contributed by atoms with van der Waals surface area (Å²) in [5, 5.41) is 28.7. The van der Waals surface area contributed by atoms with Gasteiger partial charge in [0.05, 0.1) is 25.2 Å². The Balaban J connectivity index is 3.35.